The molecule has 0 saturated carbocycles. The van der Waals surface area contributed by atoms with Crippen LogP contribution >= 0.6 is 0 Å². The molecule has 2 unspecified atom stereocenters. The second-order valence-corrected chi connectivity index (χ2v) is 2.23. The molecule has 10 heavy (non-hydrogen) atoms. The molecule has 0 aromatic heterocycles. The second kappa shape index (κ2) is 5.38. The summed E-state index contributed by atoms with van der Waals surface area (Å²) in [5, 5.41) is 0. The topological polar surface area (TPSA) is 61.4 Å². The highest BCUT2D eigenvalue weighted by Gasteiger charge is 1.99. The Labute approximate surface area is 62.4 Å². The van der Waals surface area contributed by atoms with Crippen LogP contribution in [-0.4, -0.2) is 28.5 Å². The van der Waals surface area contributed by atoms with Crippen molar-refractivity contribution in [2.45, 2.75) is 6.10 Å². The summed E-state index contributed by atoms with van der Waals surface area (Å²) in [6.07, 6.45) is 4.47. The van der Waals surface area contributed by atoms with Crippen molar-refractivity contribution >= 4 is 11.3 Å². The van der Waals surface area contributed by atoms with E-state index in [1.807, 2.05) is 0 Å². The van der Waals surface area contributed by atoms with E-state index in [-0.39, 0.29) is 6.54 Å². The summed E-state index contributed by atoms with van der Waals surface area (Å²) in [6, 6.07) is 0. The summed E-state index contributed by atoms with van der Waals surface area (Å²) in [5.41, 5.74) is 0. The Morgan fingerprint density at radius 1 is 2.00 bits per heavy atom. The van der Waals surface area contributed by atoms with Gasteiger partial charge in [0.15, 0.2) is 0 Å². The van der Waals surface area contributed by atoms with Gasteiger partial charge in [0.25, 0.3) is 0 Å². The summed E-state index contributed by atoms with van der Waals surface area (Å²) in [5.74, 6) is 2.25. The van der Waals surface area contributed by atoms with Crippen LogP contribution in [0, 0.1) is 12.3 Å². The molecule has 0 aromatic carbocycles. The fraction of sp³-hybridized carbons (Fsp3) is 0.600. The molecule has 4 nitrogen and oxygen atoms in total. The van der Waals surface area contributed by atoms with Crippen LogP contribution in [0.25, 0.3) is 0 Å². The van der Waals surface area contributed by atoms with Gasteiger partial charge in [-0.1, -0.05) is 5.92 Å². The van der Waals surface area contributed by atoms with Crippen LogP contribution in [0.5, 0.6) is 0 Å². The molecule has 0 spiro atoms. The summed E-state index contributed by atoms with van der Waals surface area (Å²) < 4.78 is 26.6. The Bertz CT molecular complexity index is 153. The molecule has 5 heteroatoms. The standard InChI is InChI=1S/C5H9NO3S/c1-3-5(9-2)4-6-10(7)8/h1,5-6H,4H2,2H3,(H,7,8)/p-1. The van der Waals surface area contributed by atoms with E-state index in [0.717, 1.165) is 0 Å². The van der Waals surface area contributed by atoms with Gasteiger partial charge < -0.3 is 9.29 Å². The SMILES string of the molecule is C#CC(CNS(=O)[O-])OC. The Morgan fingerprint density at radius 3 is 2.90 bits per heavy atom. The minimum absolute atomic E-state index is 0.114. The molecule has 0 radical (unpaired) electrons. The van der Waals surface area contributed by atoms with Crippen molar-refractivity contribution in [3.05, 3.63) is 0 Å². The van der Waals surface area contributed by atoms with Crippen LogP contribution < -0.4 is 4.72 Å². The van der Waals surface area contributed by atoms with Crippen molar-refractivity contribution in [2.24, 2.45) is 0 Å². The van der Waals surface area contributed by atoms with Gasteiger partial charge in [0.1, 0.15) is 6.10 Å². The fourth-order valence-corrected chi connectivity index (χ4v) is 0.641. The number of rotatable bonds is 4. The maximum atomic E-state index is 9.90. The largest absolute Gasteiger partial charge is 0.760 e. The van der Waals surface area contributed by atoms with Gasteiger partial charge in [-0.3, -0.25) is 4.21 Å². The van der Waals surface area contributed by atoms with Crippen LogP contribution in [0.3, 0.4) is 0 Å². The van der Waals surface area contributed by atoms with Crippen LogP contribution in [0.4, 0.5) is 0 Å². The first kappa shape index (κ1) is 9.59. The number of ether oxygens (including phenoxy) is 1. The van der Waals surface area contributed by atoms with Crippen molar-refractivity contribution in [3.8, 4) is 12.3 Å². The minimum atomic E-state index is -2.26. The van der Waals surface area contributed by atoms with Crippen molar-refractivity contribution in [1.82, 2.24) is 4.72 Å². The van der Waals surface area contributed by atoms with Gasteiger partial charge in [0.05, 0.1) is 0 Å². The Balaban J connectivity index is 3.47. The van der Waals surface area contributed by atoms with Gasteiger partial charge in [-0.2, -0.15) is 0 Å². The Morgan fingerprint density at radius 2 is 2.60 bits per heavy atom. The zero-order valence-corrected chi connectivity index (χ0v) is 6.31. The van der Waals surface area contributed by atoms with Crippen LogP contribution in [0.2, 0.25) is 0 Å². The zero-order chi connectivity index (χ0) is 7.98. The van der Waals surface area contributed by atoms with E-state index in [1.165, 1.54) is 7.11 Å². The van der Waals surface area contributed by atoms with Gasteiger partial charge in [-0.15, -0.1) is 6.42 Å². The highest BCUT2D eigenvalue weighted by Crippen LogP contribution is 1.83. The van der Waals surface area contributed by atoms with E-state index in [0.29, 0.717) is 0 Å². The average molecular weight is 162 g/mol. The molecule has 0 aliphatic rings. The molecule has 0 bridgehead atoms. The van der Waals surface area contributed by atoms with Gasteiger partial charge >= 0.3 is 0 Å². The van der Waals surface area contributed by atoms with Crippen LogP contribution in [0.15, 0.2) is 0 Å². The quantitative estimate of drug-likeness (QED) is 0.427. The van der Waals surface area contributed by atoms with Crippen molar-refractivity contribution in [3.63, 3.8) is 0 Å². The molecule has 0 heterocycles. The van der Waals surface area contributed by atoms with E-state index in [4.69, 9.17) is 6.42 Å². The predicted octanol–water partition coefficient (Wildman–Crippen LogP) is -0.982. The Kier molecular flexibility index (Phi) is 5.16. The molecule has 2 atom stereocenters. The Hall–Kier alpha value is -0.410. The van der Waals surface area contributed by atoms with Gasteiger partial charge in [-0.25, -0.2) is 4.72 Å². The van der Waals surface area contributed by atoms with Gasteiger partial charge in [-0.05, 0) is 0 Å². The third-order valence-electron chi connectivity index (χ3n) is 0.857. The first-order valence-corrected chi connectivity index (χ1v) is 3.60. The number of methoxy groups -OCH3 is 1. The smallest absolute Gasteiger partial charge is 0.130 e. The van der Waals surface area contributed by atoms with E-state index in [1.54, 1.807) is 0 Å². The molecule has 0 fully saturated rings. The van der Waals surface area contributed by atoms with E-state index < -0.39 is 17.4 Å². The lowest BCUT2D eigenvalue weighted by molar-refractivity contribution is 0.151. The molecule has 0 rings (SSSR count). The maximum Gasteiger partial charge on any atom is 0.130 e. The maximum absolute atomic E-state index is 9.90. The fourth-order valence-electron chi connectivity index (χ4n) is 0.354. The van der Waals surface area contributed by atoms with Crippen molar-refractivity contribution in [2.75, 3.05) is 13.7 Å². The summed E-state index contributed by atoms with van der Waals surface area (Å²) in [4.78, 5) is 0. The van der Waals surface area contributed by atoms with Crippen molar-refractivity contribution in [1.29, 1.82) is 0 Å². The first-order chi connectivity index (χ1) is 4.70. The third-order valence-corrected chi connectivity index (χ3v) is 1.26. The zero-order valence-electron chi connectivity index (χ0n) is 5.49. The number of nitrogens with one attached hydrogen (secondary N) is 1. The van der Waals surface area contributed by atoms with Gasteiger partial charge in [0.2, 0.25) is 0 Å². The lowest BCUT2D eigenvalue weighted by Gasteiger charge is -2.10. The molecule has 1 N–H and O–H groups in total. The number of hydrogen-bond acceptors (Lipinski definition) is 3. The monoisotopic (exact) mass is 162 g/mol. The molecule has 0 aromatic rings. The highest BCUT2D eigenvalue weighted by molar-refractivity contribution is 7.77. The predicted molar refractivity (Wildman–Crippen MR) is 36.6 cm³/mol. The lowest BCUT2D eigenvalue weighted by Crippen LogP contribution is -2.28. The minimum Gasteiger partial charge on any atom is -0.760 e. The molecule has 58 valence electrons. The lowest BCUT2D eigenvalue weighted by atomic mass is 10.4. The molecular formula is C5H8NO3S-. The van der Waals surface area contributed by atoms with Crippen molar-refractivity contribution < 1.29 is 13.5 Å². The van der Waals surface area contributed by atoms with Gasteiger partial charge in [0, 0.05) is 24.9 Å². The summed E-state index contributed by atoms with van der Waals surface area (Å²) in [7, 11) is 1.42. The number of terminal acetylenes is 1. The van der Waals surface area contributed by atoms with Crippen LogP contribution in [0.1, 0.15) is 0 Å². The second-order valence-electron chi connectivity index (χ2n) is 1.47. The molecular weight excluding hydrogens is 154 g/mol. The number of hydrogen-bond donors (Lipinski definition) is 1. The normalized spacial score (nSPS) is 15.7. The third kappa shape index (κ3) is 4.47. The summed E-state index contributed by atoms with van der Waals surface area (Å²) >= 11 is -2.26. The average Bonchev–Trinajstić information content (AvgIpc) is 1.90. The highest BCUT2D eigenvalue weighted by atomic mass is 32.2. The van der Waals surface area contributed by atoms with Crippen LogP contribution in [-0.2, 0) is 16.0 Å². The first-order valence-electron chi connectivity index (χ1n) is 2.52. The van der Waals surface area contributed by atoms with E-state index >= 15 is 0 Å². The summed E-state index contributed by atoms with van der Waals surface area (Å²) in [6.45, 7) is 0.114. The molecule has 0 amide bonds. The molecule has 0 aliphatic carbocycles. The molecule has 0 aliphatic heterocycles. The molecule has 0 saturated heterocycles. The van der Waals surface area contributed by atoms with E-state index in [9.17, 15) is 8.76 Å². The van der Waals surface area contributed by atoms with E-state index in [2.05, 4.69) is 15.4 Å².